The van der Waals surface area contributed by atoms with Crippen LogP contribution in [0.2, 0.25) is 0 Å². The van der Waals surface area contributed by atoms with Crippen LogP contribution in [0.25, 0.3) is 0 Å². The predicted molar refractivity (Wildman–Crippen MR) is 194 cm³/mol. The number of nitrogens with one attached hydrogen (secondary N) is 1. The molecule has 63 heavy (non-hydrogen) atoms. The molecule has 0 saturated heterocycles. The molecule has 0 aromatic rings. The zero-order chi connectivity index (χ0) is 43.8. The van der Waals surface area contributed by atoms with E-state index < -0.39 is 80.0 Å². The van der Waals surface area contributed by atoms with E-state index in [1.807, 2.05) is 0 Å². The van der Waals surface area contributed by atoms with Crippen LogP contribution >= 0.6 is 0 Å². The molecular weight excluding hydrogens is 999 g/mol. The van der Waals surface area contributed by atoms with E-state index in [1.165, 1.54) is 4.90 Å². The number of carboxylic acid groups (broad SMARTS) is 6. The zero-order valence-electron chi connectivity index (χ0n) is 37.8. The maximum Gasteiger partial charge on any atom is 3.00 e. The average molecular weight is 1060 g/mol. The molecule has 4 aliphatic rings. The summed E-state index contributed by atoms with van der Waals surface area (Å²) in [6.45, 7) is 2.15. The Hall–Kier alpha value is 0.455. The van der Waals surface area contributed by atoms with Crippen LogP contribution in [0.1, 0.15) is 97.8 Å². The second kappa shape index (κ2) is 28.8. The fraction of sp³-hybridized carbons (Fsp3) is 0.829. The number of carboxylic acids is 6. The van der Waals surface area contributed by atoms with Gasteiger partial charge in [-0.05, 0) is 117 Å². The molecule has 4 aliphatic carbocycles. The van der Waals surface area contributed by atoms with Crippen molar-refractivity contribution in [1.82, 2.24) is 20.0 Å². The number of carbonyl (C=O) groups is 7. The summed E-state index contributed by atoms with van der Waals surface area (Å²) in [5.74, 6) is -7.68. The smallest absolute Gasteiger partial charge is 0.550 e. The van der Waals surface area contributed by atoms with Crippen molar-refractivity contribution >= 4 is 41.7 Å². The van der Waals surface area contributed by atoms with Gasteiger partial charge in [0.2, 0.25) is 5.91 Å². The van der Waals surface area contributed by atoms with Crippen molar-refractivity contribution < 1.29 is 198 Å². The third-order valence-electron chi connectivity index (χ3n) is 14.9. The van der Waals surface area contributed by atoms with Gasteiger partial charge >= 0.3 is 129 Å². The van der Waals surface area contributed by atoms with Crippen LogP contribution in [0.3, 0.4) is 0 Å². The van der Waals surface area contributed by atoms with Gasteiger partial charge in [-0.2, -0.15) is 0 Å². The largest absolute Gasteiger partial charge is 3.00 e. The van der Waals surface area contributed by atoms with Crippen molar-refractivity contribution in [2.24, 2.45) is 46.3 Å². The van der Waals surface area contributed by atoms with Gasteiger partial charge in [0.05, 0.1) is 36.0 Å². The summed E-state index contributed by atoms with van der Waals surface area (Å²) in [7, 11) is 0. The predicted octanol–water partition coefficient (Wildman–Crippen LogP) is -14.9. The Morgan fingerprint density at radius 2 is 1.19 bits per heavy atom. The van der Waals surface area contributed by atoms with Gasteiger partial charge in [-0.3, -0.25) is 19.5 Å². The van der Waals surface area contributed by atoms with E-state index in [0.717, 1.165) is 48.3 Å². The summed E-state index contributed by atoms with van der Waals surface area (Å²) in [6, 6.07) is -1.65. The van der Waals surface area contributed by atoms with Crippen LogP contribution in [0, 0.1) is 86.3 Å². The van der Waals surface area contributed by atoms with E-state index >= 15 is 0 Å². The van der Waals surface area contributed by atoms with E-state index in [-0.39, 0.29) is 203 Å². The molecule has 4 rings (SSSR count). The Kier molecular flexibility index (Phi) is 29.0. The monoisotopic (exact) mass is 1060 g/mol. The molecule has 11 atom stereocenters. The molecular formula is C41H60GdN4Na3O14. The molecule has 2 N–H and O–H groups in total. The number of rotatable bonds is 24. The second-order valence-electron chi connectivity index (χ2n) is 18.2. The number of aliphatic hydroxyl groups excluding tert-OH is 1. The van der Waals surface area contributed by atoms with Gasteiger partial charge in [0.15, 0.2) is 0 Å². The Morgan fingerprint density at radius 1 is 0.667 bits per heavy atom. The molecule has 0 bridgehead atoms. The summed E-state index contributed by atoms with van der Waals surface area (Å²) in [6.07, 6.45) is 6.40. The number of hydrogen-bond donors (Lipinski definition) is 2. The third-order valence-corrected chi connectivity index (χ3v) is 14.9. The molecule has 1 amide bonds. The Labute approximate surface area is 468 Å². The van der Waals surface area contributed by atoms with Crippen molar-refractivity contribution in [1.29, 1.82) is 0 Å². The standard InChI is InChI=1S/C41H66N4O14.Gd.3Na/c1-24(4-11-34(48)49)28-7-8-29-27-6-5-25-18-26(12-13-40(25,2)30(27)19-32(46)41(28,29)3)42-33(47)10-9-31(39(58)59)45(16-14-43(20-35(50)51)21-36(52)53)17-15-44(22-37(54)55)23-38(56)57;;;;/h24-32,46H,4-23H2,1-3H3,(H,42,47)(H,48,49)(H,50,51)(H,52,53)(H,54,55)(H,56,57)(H,58,59);;;;/q;+3;3*+1/p-6/t24?,25?,26-,27?,28+,29?,30?,31-,32-,40-,41+;;;;/m0..../s1. The maximum absolute atomic E-state index is 13.4. The summed E-state index contributed by atoms with van der Waals surface area (Å²) < 4.78 is 0. The molecule has 339 valence electrons. The first-order valence-electron chi connectivity index (χ1n) is 21.0. The van der Waals surface area contributed by atoms with Gasteiger partial charge in [-0.1, -0.05) is 20.8 Å². The number of carbonyl (C=O) groups excluding carboxylic acids is 7. The van der Waals surface area contributed by atoms with Crippen LogP contribution < -0.4 is 125 Å². The fourth-order valence-corrected chi connectivity index (χ4v) is 12.0. The molecule has 22 heteroatoms. The van der Waals surface area contributed by atoms with Gasteiger partial charge in [-0.15, -0.1) is 0 Å². The van der Waals surface area contributed by atoms with Crippen LogP contribution in [0.5, 0.6) is 0 Å². The Morgan fingerprint density at radius 3 is 1.67 bits per heavy atom. The summed E-state index contributed by atoms with van der Waals surface area (Å²) in [5.41, 5.74) is -0.329. The molecule has 0 aliphatic heterocycles. The normalized spacial score (nSPS) is 29.2. The first kappa shape index (κ1) is 63.5. The minimum atomic E-state index is -1.60. The second-order valence-corrected chi connectivity index (χ2v) is 18.2. The van der Waals surface area contributed by atoms with Gasteiger partial charge in [0.1, 0.15) is 0 Å². The molecule has 18 nitrogen and oxygen atoms in total. The van der Waals surface area contributed by atoms with E-state index in [2.05, 4.69) is 26.1 Å². The van der Waals surface area contributed by atoms with E-state index in [0.29, 0.717) is 42.9 Å². The van der Waals surface area contributed by atoms with Crippen LogP contribution in [0.4, 0.5) is 0 Å². The minimum Gasteiger partial charge on any atom is -0.550 e. The summed E-state index contributed by atoms with van der Waals surface area (Å²) in [5, 5.41) is 83.6. The first-order chi connectivity index (χ1) is 27.6. The van der Waals surface area contributed by atoms with Crippen molar-refractivity contribution in [3.63, 3.8) is 0 Å². The molecule has 0 heterocycles. The quantitative estimate of drug-likeness (QED) is 0.0849. The number of aliphatic carboxylic acids is 6. The number of amides is 1. The van der Waals surface area contributed by atoms with Crippen molar-refractivity contribution in [2.75, 3.05) is 52.4 Å². The fourth-order valence-electron chi connectivity index (χ4n) is 12.0. The number of fused-ring (bicyclic) bond motifs is 5. The zero-order valence-corrected chi connectivity index (χ0v) is 46.1. The molecule has 1 radical (unpaired) electrons. The molecule has 4 fully saturated rings. The molecule has 4 saturated carbocycles. The van der Waals surface area contributed by atoms with Gasteiger partial charge in [0, 0.05) is 76.8 Å². The van der Waals surface area contributed by atoms with Crippen molar-refractivity contribution in [2.45, 2.75) is 116 Å². The van der Waals surface area contributed by atoms with E-state index in [1.54, 1.807) is 0 Å². The van der Waals surface area contributed by atoms with E-state index in [4.69, 9.17) is 0 Å². The minimum absolute atomic E-state index is 0. The molecule has 0 aromatic carbocycles. The number of aliphatic hydroxyl groups is 1. The van der Waals surface area contributed by atoms with Crippen molar-refractivity contribution in [3.05, 3.63) is 0 Å². The SMILES string of the molecule is CC(CCC(=O)[O-])[C@H]1CCC2C3CCC4C[C@@H](NC(=O)CC[C@@H](C(=O)[O-])N(CCN(CC(=O)[O-])CC(=O)[O-])CCN(CC(=O)[O-])CC(=O)[O-])CC[C@]4(C)C3C[C@H](O)[C@@]21C.[Gd+3].[Na+].[Na+].[Na+]. The van der Waals surface area contributed by atoms with Crippen LogP contribution in [-0.4, -0.2) is 132 Å². The summed E-state index contributed by atoms with van der Waals surface area (Å²) >= 11 is 0. The number of hydrogen-bond acceptors (Lipinski definition) is 17. The molecule has 0 spiro atoms. The van der Waals surface area contributed by atoms with E-state index in [9.17, 15) is 69.3 Å². The van der Waals surface area contributed by atoms with Crippen LogP contribution in [-0.2, 0) is 33.6 Å². The Balaban J connectivity index is 0.00000961. The molecule has 5 unspecified atom stereocenters. The third kappa shape index (κ3) is 17.4. The molecule has 0 aromatic heterocycles. The summed E-state index contributed by atoms with van der Waals surface area (Å²) in [4.78, 5) is 85.2. The van der Waals surface area contributed by atoms with Gasteiger partial charge in [0.25, 0.3) is 0 Å². The van der Waals surface area contributed by atoms with Crippen LogP contribution in [0.15, 0.2) is 0 Å². The Bertz CT molecular complexity index is 1500. The average Bonchev–Trinajstić information content (AvgIpc) is 3.49. The topological polar surface area (TPSA) is 300 Å². The first-order valence-corrected chi connectivity index (χ1v) is 21.0. The maximum atomic E-state index is 13.4. The number of nitrogens with zero attached hydrogens (tertiary/aromatic N) is 3. The van der Waals surface area contributed by atoms with Gasteiger partial charge < -0.3 is 69.8 Å². The van der Waals surface area contributed by atoms with Crippen molar-refractivity contribution in [3.8, 4) is 0 Å². The van der Waals surface area contributed by atoms with Gasteiger partial charge in [-0.25, -0.2) is 0 Å².